The van der Waals surface area contributed by atoms with Crippen molar-refractivity contribution in [2.24, 2.45) is 0 Å². The van der Waals surface area contributed by atoms with Crippen LogP contribution in [0.3, 0.4) is 0 Å². The maximum Gasteiger partial charge on any atom is 0.153 e. The number of carbonyl (C=O) groups is 1. The molecular formula is C14H19NO3S. The van der Waals surface area contributed by atoms with Gasteiger partial charge in [-0.05, 0) is 43.9 Å². The van der Waals surface area contributed by atoms with Crippen LogP contribution in [0.4, 0.5) is 5.69 Å². The lowest BCUT2D eigenvalue weighted by Crippen LogP contribution is -2.19. The van der Waals surface area contributed by atoms with Crippen LogP contribution in [-0.2, 0) is 11.0 Å². The monoisotopic (exact) mass is 281 g/mol. The minimum Gasteiger partial charge on any atom is -0.490 e. The Kier molecular flexibility index (Phi) is 4.58. The molecule has 0 heterocycles. The third-order valence-electron chi connectivity index (χ3n) is 3.47. The first-order chi connectivity index (χ1) is 9.11. The number of ether oxygens (including phenoxy) is 1. The van der Waals surface area contributed by atoms with Crippen molar-refractivity contribution in [1.82, 2.24) is 0 Å². The van der Waals surface area contributed by atoms with E-state index in [1.54, 1.807) is 29.7 Å². The fourth-order valence-corrected chi connectivity index (χ4v) is 2.68. The Morgan fingerprint density at radius 2 is 2.05 bits per heavy atom. The zero-order chi connectivity index (χ0) is 13.8. The molecule has 0 saturated heterocycles. The molecule has 0 aromatic heterocycles. The van der Waals surface area contributed by atoms with Gasteiger partial charge in [0.15, 0.2) is 6.29 Å². The normalized spacial score (nSPS) is 17.2. The van der Waals surface area contributed by atoms with Crippen molar-refractivity contribution < 1.29 is 13.7 Å². The Morgan fingerprint density at radius 1 is 1.37 bits per heavy atom. The highest BCUT2D eigenvalue weighted by molar-refractivity contribution is 7.85. The molecule has 1 fully saturated rings. The van der Waals surface area contributed by atoms with Crippen molar-refractivity contribution in [1.29, 1.82) is 0 Å². The van der Waals surface area contributed by atoms with E-state index in [0.717, 1.165) is 24.8 Å². The number of nitrogens with zero attached hydrogens (tertiary/aromatic N) is 1. The first-order valence-corrected chi connectivity index (χ1v) is 7.96. The predicted octanol–water partition coefficient (Wildman–Crippen LogP) is 2.55. The van der Waals surface area contributed by atoms with Crippen LogP contribution < -0.4 is 9.04 Å². The number of benzene rings is 1. The number of rotatable bonds is 5. The third-order valence-corrected chi connectivity index (χ3v) is 4.45. The third kappa shape index (κ3) is 3.35. The maximum atomic E-state index is 11.4. The topological polar surface area (TPSA) is 46.6 Å². The summed E-state index contributed by atoms with van der Waals surface area (Å²) in [5.74, 6) is 0.626. The van der Waals surface area contributed by atoms with Crippen molar-refractivity contribution in [2.45, 2.75) is 31.8 Å². The van der Waals surface area contributed by atoms with Gasteiger partial charge in [0, 0.05) is 19.0 Å². The van der Waals surface area contributed by atoms with E-state index in [9.17, 15) is 9.00 Å². The number of carbonyl (C=O) groups excluding carboxylic acids is 1. The number of aldehydes is 1. The van der Waals surface area contributed by atoms with Crippen molar-refractivity contribution in [3.05, 3.63) is 23.8 Å². The molecule has 0 radical (unpaired) electrons. The fourth-order valence-electron chi connectivity index (χ4n) is 2.27. The average Bonchev–Trinajstić information content (AvgIpc) is 2.91. The van der Waals surface area contributed by atoms with E-state index in [-0.39, 0.29) is 6.10 Å². The molecule has 19 heavy (non-hydrogen) atoms. The lowest BCUT2D eigenvalue weighted by molar-refractivity contribution is 0.111. The Bertz CT molecular complexity index is 484. The van der Waals surface area contributed by atoms with Gasteiger partial charge in [-0.2, -0.15) is 0 Å². The second-order valence-electron chi connectivity index (χ2n) is 4.79. The van der Waals surface area contributed by atoms with Crippen molar-refractivity contribution in [2.75, 3.05) is 17.6 Å². The summed E-state index contributed by atoms with van der Waals surface area (Å²) in [5, 5.41) is 0. The highest BCUT2D eigenvalue weighted by Crippen LogP contribution is 2.28. The summed E-state index contributed by atoms with van der Waals surface area (Å²) >= 11 is 0. The van der Waals surface area contributed by atoms with Gasteiger partial charge in [-0.25, -0.2) is 4.21 Å². The summed E-state index contributed by atoms with van der Waals surface area (Å²) in [4.78, 5) is 11.2. The van der Waals surface area contributed by atoms with E-state index in [1.165, 1.54) is 12.8 Å². The minimum atomic E-state index is -1.11. The lowest BCUT2D eigenvalue weighted by atomic mass is 10.2. The van der Waals surface area contributed by atoms with Gasteiger partial charge < -0.3 is 4.74 Å². The van der Waals surface area contributed by atoms with Crippen LogP contribution in [0.1, 0.15) is 36.0 Å². The van der Waals surface area contributed by atoms with Gasteiger partial charge in [-0.1, -0.05) is 0 Å². The SMILES string of the molecule is CN(c1ccc(OC2CCCC2)c(C=O)c1)S(C)=O. The Hall–Kier alpha value is -1.36. The molecule has 2 rings (SSSR count). The van der Waals surface area contributed by atoms with Gasteiger partial charge in [-0.3, -0.25) is 9.10 Å². The van der Waals surface area contributed by atoms with E-state index in [0.29, 0.717) is 11.3 Å². The van der Waals surface area contributed by atoms with E-state index in [1.807, 2.05) is 6.07 Å². The summed E-state index contributed by atoms with van der Waals surface area (Å²) in [5.41, 5.74) is 1.27. The molecule has 0 N–H and O–H groups in total. The van der Waals surface area contributed by atoms with Crippen molar-refractivity contribution in [3.63, 3.8) is 0 Å². The van der Waals surface area contributed by atoms with Gasteiger partial charge in [-0.15, -0.1) is 0 Å². The first kappa shape index (κ1) is 14.1. The fraction of sp³-hybridized carbons (Fsp3) is 0.500. The second kappa shape index (κ2) is 6.19. The van der Waals surface area contributed by atoms with Crippen LogP contribution in [0.25, 0.3) is 0 Å². The molecule has 0 bridgehead atoms. The molecule has 5 heteroatoms. The molecule has 0 spiro atoms. The molecule has 1 saturated carbocycles. The van der Waals surface area contributed by atoms with Crippen LogP contribution >= 0.6 is 0 Å². The lowest BCUT2D eigenvalue weighted by Gasteiger charge is -2.19. The molecule has 1 aromatic carbocycles. The summed E-state index contributed by atoms with van der Waals surface area (Å²) in [6.07, 6.45) is 7.11. The molecule has 4 nitrogen and oxygen atoms in total. The van der Waals surface area contributed by atoms with Crippen molar-refractivity contribution in [3.8, 4) is 5.75 Å². The summed E-state index contributed by atoms with van der Waals surface area (Å²) in [6.45, 7) is 0. The van der Waals surface area contributed by atoms with E-state index in [4.69, 9.17) is 4.74 Å². The highest BCUT2D eigenvalue weighted by Gasteiger charge is 2.18. The Labute approximate surface area is 116 Å². The van der Waals surface area contributed by atoms with Gasteiger partial charge in [0.1, 0.15) is 16.7 Å². The second-order valence-corrected chi connectivity index (χ2v) is 6.18. The van der Waals surface area contributed by atoms with Gasteiger partial charge in [0.2, 0.25) is 0 Å². The van der Waals surface area contributed by atoms with Crippen molar-refractivity contribution >= 4 is 23.0 Å². The van der Waals surface area contributed by atoms with Crippen LogP contribution in [0.5, 0.6) is 5.75 Å². The molecule has 1 aromatic rings. The number of hydrogen-bond donors (Lipinski definition) is 0. The first-order valence-electron chi connectivity index (χ1n) is 6.45. The van der Waals surface area contributed by atoms with Gasteiger partial charge in [0.05, 0.1) is 11.7 Å². The quantitative estimate of drug-likeness (QED) is 0.779. The van der Waals surface area contributed by atoms with Crippen LogP contribution in [0.15, 0.2) is 18.2 Å². The average molecular weight is 281 g/mol. The summed E-state index contributed by atoms with van der Waals surface area (Å²) in [7, 11) is 0.628. The molecule has 1 unspecified atom stereocenters. The number of hydrogen-bond acceptors (Lipinski definition) is 3. The molecule has 1 aliphatic rings. The number of anilines is 1. The molecule has 0 amide bonds. The van der Waals surface area contributed by atoms with Crippen LogP contribution in [-0.4, -0.2) is 29.9 Å². The smallest absolute Gasteiger partial charge is 0.153 e. The molecule has 1 atom stereocenters. The van der Waals surface area contributed by atoms with Crippen LogP contribution in [0.2, 0.25) is 0 Å². The highest BCUT2D eigenvalue weighted by atomic mass is 32.2. The Balaban J connectivity index is 2.20. The summed E-state index contributed by atoms with van der Waals surface area (Å²) in [6, 6.07) is 5.35. The zero-order valence-corrected chi connectivity index (χ0v) is 12.1. The van der Waals surface area contributed by atoms with Gasteiger partial charge in [0.25, 0.3) is 0 Å². The summed E-state index contributed by atoms with van der Waals surface area (Å²) < 4.78 is 18.9. The predicted molar refractivity (Wildman–Crippen MR) is 77.2 cm³/mol. The maximum absolute atomic E-state index is 11.4. The minimum absolute atomic E-state index is 0.225. The Morgan fingerprint density at radius 3 is 2.63 bits per heavy atom. The molecule has 0 aliphatic heterocycles. The molecule has 1 aliphatic carbocycles. The van der Waals surface area contributed by atoms with Gasteiger partial charge >= 0.3 is 0 Å². The standard InChI is InChI=1S/C14H19NO3S/c1-15(19(2)17)12-7-8-14(11(9-12)10-16)18-13-5-3-4-6-13/h7-10,13H,3-6H2,1-2H3. The zero-order valence-electron chi connectivity index (χ0n) is 11.3. The van der Waals surface area contributed by atoms with Crippen LogP contribution in [0, 0.1) is 0 Å². The molecule has 104 valence electrons. The largest absolute Gasteiger partial charge is 0.490 e. The van der Waals surface area contributed by atoms with E-state index in [2.05, 4.69) is 0 Å². The van der Waals surface area contributed by atoms with E-state index < -0.39 is 11.0 Å². The van der Waals surface area contributed by atoms with E-state index >= 15 is 0 Å². The molecular weight excluding hydrogens is 262 g/mol.